The van der Waals surface area contributed by atoms with Crippen LogP contribution in [0.3, 0.4) is 0 Å². The predicted octanol–water partition coefficient (Wildman–Crippen LogP) is 3.56. The van der Waals surface area contributed by atoms with Gasteiger partial charge in [0.25, 0.3) is 11.8 Å². The molecule has 42 heavy (non-hydrogen) atoms. The molecule has 3 aromatic rings. The van der Waals surface area contributed by atoms with Crippen LogP contribution in [0.25, 0.3) is 0 Å². The van der Waals surface area contributed by atoms with E-state index >= 15 is 0 Å². The molecule has 0 bridgehead atoms. The lowest BCUT2D eigenvalue weighted by Crippen LogP contribution is -2.52. The van der Waals surface area contributed by atoms with Crippen molar-refractivity contribution >= 4 is 17.7 Å². The van der Waals surface area contributed by atoms with Crippen molar-refractivity contribution in [3.05, 3.63) is 64.3 Å². The summed E-state index contributed by atoms with van der Waals surface area (Å²) in [7, 11) is 0. The van der Waals surface area contributed by atoms with E-state index in [1.54, 1.807) is 24.0 Å². The number of carbonyl (C=O) groups excluding carboxylic acids is 3. The van der Waals surface area contributed by atoms with E-state index in [1.165, 1.54) is 0 Å². The van der Waals surface area contributed by atoms with Gasteiger partial charge in [-0.25, -0.2) is 0 Å². The summed E-state index contributed by atoms with van der Waals surface area (Å²) in [4.78, 5) is 41.9. The molecule has 1 atom stereocenters. The smallest absolute Gasteiger partial charge is 0.276 e. The summed E-state index contributed by atoms with van der Waals surface area (Å²) in [6.45, 7) is 9.64. The van der Waals surface area contributed by atoms with Crippen LogP contribution in [0.2, 0.25) is 0 Å². The third-order valence-corrected chi connectivity index (χ3v) is 8.45. The maximum atomic E-state index is 13.7. The van der Waals surface area contributed by atoms with Crippen molar-refractivity contribution in [3.63, 3.8) is 0 Å². The molecule has 1 fully saturated rings. The summed E-state index contributed by atoms with van der Waals surface area (Å²) < 4.78 is 13.2. The van der Waals surface area contributed by atoms with Gasteiger partial charge in [-0.2, -0.15) is 5.10 Å². The van der Waals surface area contributed by atoms with E-state index in [9.17, 15) is 14.4 Å². The Morgan fingerprint density at radius 2 is 1.86 bits per heavy atom. The number of nitrogens with zero attached hydrogens (tertiary/aromatic N) is 4. The van der Waals surface area contributed by atoms with E-state index in [-0.39, 0.29) is 30.4 Å². The highest BCUT2D eigenvalue weighted by molar-refractivity contribution is 5.97. The zero-order valence-electron chi connectivity index (χ0n) is 24.9. The van der Waals surface area contributed by atoms with Crippen molar-refractivity contribution in [3.8, 4) is 5.75 Å². The summed E-state index contributed by atoms with van der Waals surface area (Å²) in [5.74, 6) is 0.720. The average molecular weight is 577 g/mol. The fourth-order valence-corrected chi connectivity index (χ4v) is 5.91. The van der Waals surface area contributed by atoms with E-state index in [0.29, 0.717) is 68.2 Å². The number of ether oxygens (including phenoxy) is 1. The quantitative estimate of drug-likeness (QED) is 0.487. The summed E-state index contributed by atoms with van der Waals surface area (Å²) in [6, 6.07) is 8.87. The number of likely N-dealkylation sites (tertiary alicyclic amines) is 1. The fraction of sp³-hybridized carbons (Fsp3) is 0.516. The summed E-state index contributed by atoms with van der Waals surface area (Å²) >= 11 is 0. The van der Waals surface area contributed by atoms with Crippen LogP contribution >= 0.6 is 0 Å². The molecular weight excluding hydrogens is 536 g/mol. The van der Waals surface area contributed by atoms with Crippen LogP contribution in [0.5, 0.6) is 5.75 Å². The second-order valence-corrected chi connectivity index (χ2v) is 11.6. The van der Waals surface area contributed by atoms with Crippen molar-refractivity contribution < 1.29 is 23.6 Å². The molecular formula is C31H40N6O5. The van der Waals surface area contributed by atoms with Gasteiger partial charge >= 0.3 is 0 Å². The molecule has 2 aliphatic rings. The first-order chi connectivity index (χ1) is 20.2. The maximum absolute atomic E-state index is 13.7. The van der Waals surface area contributed by atoms with Gasteiger partial charge in [0, 0.05) is 30.9 Å². The molecule has 0 unspecified atom stereocenters. The lowest BCUT2D eigenvalue weighted by Gasteiger charge is -2.41. The molecule has 1 saturated heterocycles. The number of aryl methyl sites for hydroxylation is 3. The number of amides is 3. The minimum Gasteiger partial charge on any atom is -0.491 e. The molecule has 0 radical (unpaired) electrons. The van der Waals surface area contributed by atoms with Gasteiger partial charge in [0.1, 0.15) is 18.1 Å². The molecule has 2 aromatic heterocycles. The molecule has 1 spiro atoms. The van der Waals surface area contributed by atoms with Gasteiger partial charge in [-0.3, -0.25) is 19.1 Å². The largest absolute Gasteiger partial charge is 0.491 e. The Bertz CT molecular complexity index is 1450. The Kier molecular flexibility index (Phi) is 8.65. The number of carbonyl (C=O) groups is 3. The van der Waals surface area contributed by atoms with E-state index in [0.717, 1.165) is 29.8 Å². The van der Waals surface area contributed by atoms with Gasteiger partial charge in [-0.15, -0.1) is 0 Å². The average Bonchev–Trinajstić information content (AvgIpc) is 3.50. The Labute approximate surface area is 245 Å². The SMILES string of the molecule is Cc1cc(C)n(Cc2c(C(=O)N3CCC4(CCCCNC(=O)c5ccccc5OC[C@@H](C)NC4=O)CC3)noc2C)n1. The van der Waals surface area contributed by atoms with Crippen molar-refractivity contribution in [1.29, 1.82) is 0 Å². The molecule has 0 saturated carbocycles. The highest BCUT2D eigenvalue weighted by Crippen LogP contribution is 2.38. The third-order valence-electron chi connectivity index (χ3n) is 8.45. The number of hydrogen-bond donors (Lipinski definition) is 2. The second-order valence-electron chi connectivity index (χ2n) is 11.6. The van der Waals surface area contributed by atoms with Crippen molar-refractivity contribution in [2.45, 2.75) is 72.4 Å². The van der Waals surface area contributed by atoms with E-state index < -0.39 is 5.41 Å². The number of hydrogen-bond acceptors (Lipinski definition) is 7. The molecule has 224 valence electrons. The Hall–Kier alpha value is -4.15. The molecule has 5 rings (SSSR count). The molecule has 11 heteroatoms. The topological polar surface area (TPSA) is 132 Å². The van der Waals surface area contributed by atoms with Gasteiger partial charge in [0.15, 0.2) is 5.69 Å². The summed E-state index contributed by atoms with van der Waals surface area (Å²) in [6.07, 6.45) is 3.28. The Balaban J connectivity index is 1.28. The number of fused-ring (bicyclic) bond motifs is 1. The van der Waals surface area contributed by atoms with Crippen molar-refractivity contribution in [2.75, 3.05) is 26.2 Å². The van der Waals surface area contributed by atoms with Crippen molar-refractivity contribution in [2.24, 2.45) is 5.41 Å². The standard InChI is InChI=1S/C31H40N6O5/c1-20-17-22(3)37(34-20)18-25-23(4)42-35-27(25)29(39)36-15-12-31(13-16-36)11-7-8-14-32-28(38)24-9-5-6-10-26(24)41-19-21(2)33-30(31)40/h5-6,9-10,17,21H,7-8,11-16,18-19H2,1-4H3,(H,32,38)(H,33,40)/t21-/m1/s1. The third kappa shape index (κ3) is 6.19. The molecule has 4 heterocycles. The van der Waals surface area contributed by atoms with Crippen LogP contribution in [0, 0.1) is 26.2 Å². The van der Waals surface area contributed by atoms with Crippen LogP contribution in [0.4, 0.5) is 0 Å². The number of piperidine rings is 1. The predicted molar refractivity (Wildman–Crippen MR) is 155 cm³/mol. The highest BCUT2D eigenvalue weighted by atomic mass is 16.5. The van der Waals surface area contributed by atoms with Gasteiger partial charge in [-0.05, 0) is 71.6 Å². The first-order valence-corrected chi connectivity index (χ1v) is 14.7. The van der Waals surface area contributed by atoms with Crippen molar-refractivity contribution in [1.82, 2.24) is 30.5 Å². The number of aromatic nitrogens is 3. The molecule has 11 nitrogen and oxygen atoms in total. The zero-order valence-corrected chi connectivity index (χ0v) is 24.9. The summed E-state index contributed by atoms with van der Waals surface area (Å²) in [5, 5.41) is 14.8. The molecule has 2 aliphatic heterocycles. The molecule has 3 amide bonds. The number of para-hydroxylation sites is 1. The van der Waals surface area contributed by atoms with Crippen LogP contribution < -0.4 is 15.4 Å². The number of rotatable bonds is 3. The van der Waals surface area contributed by atoms with E-state index in [2.05, 4.69) is 20.9 Å². The van der Waals surface area contributed by atoms with Gasteiger partial charge < -0.3 is 24.8 Å². The Morgan fingerprint density at radius 1 is 1.10 bits per heavy atom. The number of benzene rings is 1. The fourth-order valence-electron chi connectivity index (χ4n) is 5.91. The lowest BCUT2D eigenvalue weighted by atomic mass is 9.73. The van der Waals surface area contributed by atoms with Crippen LogP contribution in [-0.4, -0.2) is 69.8 Å². The highest BCUT2D eigenvalue weighted by Gasteiger charge is 2.43. The molecule has 0 aliphatic carbocycles. The van der Waals surface area contributed by atoms with E-state index in [4.69, 9.17) is 9.26 Å². The minimum atomic E-state index is -0.608. The maximum Gasteiger partial charge on any atom is 0.276 e. The van der Waals surface area contributed by atoms with Crippen LogP contribution in [-0.2, 0) is 11.3 Å². The first-order valence-electron chi connectivity index (χ1n) is 14.7. The monoisotopic (exact) mass is 576 g/mol. The van der Waals surface area contributed by atoms with Crippen LogP contribution in [0.15, 0.2) is 34.9 Å². The number of nitrogens with one attached hydrogen (secondary N) is 2. The second kappa shape index (κ2) is 12.4. The normalized spacial score (nSPS) is 19.8. The lowest BCUT2D eigenvalue weighted by molar-refractivity contribution is -0.135. The molecule has 1 aromatic carbocycles. The summed E-state index contributed by atoms with van der Waals surface area (Å²) in [5.41, 5.74) is 2.80. The van der Waals surface area contributed by atoms with Gasteiger partial charge in [0.2, 0.25) is 5.91 Å². The van der Waals surface area contributed by atoms with Gasteiger partial charge in [0.05, 0.1) is 29.3 Å². The van der Waals surface area contributed by atoms with E-state index in [1.807, 2.05) is 43.7 Å². The molecule has 2 N–H and O–H groups in total. The Morgan fingerprint density at radius 3 is 2.60 bits per heavy atom. The van der Waals surface area contributed by atoms with Crippen LogP contribution in [0.1, 0.15) is 82.6 Å². The minimum absolute atomic E-state index is 0.0115. The zero-order chi connectivity index (χ0) is 29.9. The first kappa shape index (κ1) is 29.3. The van der Waals surface area contributed by atoms with Gasteiger partial charge in [-0.1, -0.05) is 23.7 Å².